The molecule has 57 heavy (non-hydrogen) atoms. The number of fused-ring (bicyclic) bond motifs is 3. The Morgan fingerprint density at radius 1 is 1.02 bits per heavy atom. The van der Waals surface area contributed by atoms with Gasteiger partial charge in [-0.05, 0) is 85.6 Å². The van der Waals surface area contributed by atoms with Gasteiger partial charge >= 0.3 is 0 Å². The maximum Gasteiger partial charge on any atom is 0.273 e. The zero-order valence-electron chi connectivity index (χ0n) is 32.2. The number of benzene rings is 3. The summed E-state index contributed by atoms with van der Waals surface area (Å²) < 4.78 is 31.5. The lowest BCUT2D eigenvalue weighted by Crippen LogP contribution is -2.69. The number of hydrogen-bond acceptors (Lipinski definition) is 12. The van der Waals surface area contributed by atoms with Gasteiger partial charge < -0.3 is 43.6 Å². The average molecular weight is 784 g/mol. The predicted octanol–water partition coefficient (Wildman–Crippen LogP) is 7.15. The molecule has 6 unspecified atom stereocenters. The second-order valence-electron chi connectivity index (χ2n) is 14.8. The zero-order valence-corrected chi connectivity index (χ0v) is 32.2. The smallest absolute Gasteiger partial charge is 0.273 e. The van der Waals surface area contributed by atoms with Gasteiger partial charge in [0.05, 0.1) is 29.2 Å². The van der Waals surface area contributed by atoms with Crippen LogP contribution in [0.1, 0.15) is 66.8 Å². The van der Waals surface area contributed by atoms with Crippen LogP contribution in [0.3, 0.4) is 0 Å². The van der Waals surface area contributed by atoms with E-state index in [9.17, 15) is 25.1 Å². The first kappa shape index (κ1) is 39.8. The van der Waals surface area contributed by atoms with Gasteiger partial charge in [-0.2, -0.15) is 0 Å². The highest BCUT2D eigenvalue weighted by Crippen LogP contribution is 2.62. The molecule has 0 radical (unpaired) electrons. The third-order valence-electron chi connectivity index (χ3n) is 11.5. The summed E-state index contributed by atoms with van der Waals surface area (Å²) in [6.07, 6.45) is 8.55. The summed E-state index contributed by atoms with van der Waals surface area (Å²) in [5, 5.41) is 35.8. The molecule has 0 spiro atoms. The van der Waals surface area contributed by atoms with Crippen LogP contribution < -0.4 is 18.9 Å². The van der Waals surface area contributed by atoms with E-state index in [1.807, 2.05) is 12.1 Å². The Kier molecular flexibility index (Phi) is 12.1. The van der Waals surface area contributed by atoms with Crippen LogP contribution in [-0.2, 0) is 9.57 Å². The number of unbranched alkanes of at least 4 members (excludes halogenated alkanes) is 2. The monoisotopic (exact) mass is 783 g/mol. The largest absolute Gasteiger partial charge is 0.459 e. The summed E-state index contributed by atoms with van der Waals surface area (Å²) in [6.45, 7) is 4.30. The van der Waals surface area contributed by atoms with Gasteiger partial charge in [-0.1, -0.05) is 36.2 Å². The van der Waals surface area contributed by atoms with Crippen molar-refractivity contribution in [3.05, 3.63) is 106 Å². The van der Waals surface area contributed by atoms with Crippen LogP contribution in [0.2, 0.25) is 0 Å². The Hall–Kier alpha value is -5.44. The number of non-ortho nitro benzene ring substituents is 1. The molecule has 7 rings (SSSR count). The Labute approximate surface area is 331 Å². The van der Waals surface area contributed by atoms with E-state index in [0.29, 0.717) is 52.9 Å². The molecule has 2 heterocycles. The minimum Gasteiger partial charge on any atom is -0.459 e. The summed E-state index contributed by atoms with van der Waals surface area (Å²) in [5.41, 5.74) is 2.73. The number of nitro groups is 1. The number of hydrogen-bond donors (Lipinski definition) is 2. The van der Waals surface area contributed by atoms with Crippen molar-refractivity contribution in [2.24, 2.45) is 22.9 Å². The molecule has 2 aliphatic carbocycles. The molecule has 0 saturated heterocycles. The summed E-state index contributed by atoms with van der Waals surface area (Å²) in [6, 6.07) is 15.9. The van der Waals surface area contributed by atoms with Crippen molar-refractivity contribution in [3.63, 3.8) is 0 Å². The van der Waals surface area contributed by atoms with Gasteiger partial charge in [-0.15, -0.1) is 6.58 Å². The quantitative estimate of drug-likeness (QED) is 0.0617. The molecule has 14 heteroatoms. The third kappa shape index (κ3) is 7.81. The van der Waals surface area contributed by atoms with E-state index in [1.54, 1.807) is 54.4 Å². The fourth-order valence-corrected chi connectivity index (χ4v) is 9.07. The number of carbonyl (C=O) groups is 1. The van der Waals surface area contributed by atoms with Crippen molar-refractivity contribution in [3.8, 4) is 28.7 Å². The molecule has 1 fully saturated rings. The molecule has 1 amide bonds. The molecule has 0 aromatic heterocycles. The molecule has 14 nitrogen and oxygen atoms in total. The van der Waals surface area contributed by atoms with E-state index in [-0.39, 0.29) is 62.4 Å². The molecule has 1 saturated carbocycles. The van der Waals surface area contributed by atoms with E-state index >= 15 is 0 Å². The van der Waals surface area contributed by atoms with Crippen LogP contribution in [0.25, 0.3) is 0 Å². The standard InChI is InChI=1S/C43H49N3O11/c1-4-20-55-43-39(45(2)42(49)28-14-16-37-38(22-28)54-26-53-37)25-35(44-52-3)33-21-27(10-5-7-18-47)32(13-6-8-19-48)40(41(33)43)34-24-31(15-17-36(34)57-43)56-30-12-9-11-29(23-30)46(50)51/h4,9,11-12,14-17,21-24,27,32,39-41,47-48H,1,5-8,10,13,18-20,25-26H2,2-3H3. The molecule has 2 N–H and O–H groups in total. The van der Waals surface area contributed by atoms with E-state index < -0.39 is 22.7 Å². The fourth-order valence-electron chi connectivity index (χ4n) is 9.07. The second-order valence-corrected chi connectivity index (χ2v) is 14.8. The summed E-state index contributed by atoms with van der Waals surface area (Å²) >= 11 is 0. The molecular weight excluding hydrogens is 734 g/mol. The average Bonchev–Trinajstić information content (AvgIpc) is 3.70. The second kappa shape index (κ2) is 17.4. The lowest BCUT2D eigenvalue weighted by Gasteiger charge is -2.59. The first-order valence-corrected chi connectivity index (χ1v) is 19.4. The number of aliphatic hydroxyl groups is 2. The van der Waals surface area contributed by atoms with Crippen LogP contribution in [-0.4, -0.2) is 84.3 Å². The Balaban J connectivity index is 1.40. The predicted molar refractivity (Wildman–Crippen MR) is 210 cm³/mol. The van der Waals surface area contributed by atoms with Crippen LogP contribution in [0.5, 0.6) is 28.7 Å². The maximum absolute atomic E-state index is 14.5. The summed E-state index contributed by atoms with van der Waals surface area (Å²) in [5.74, 6) is -0.0747. The van der Waals surface area contributed by atoms with E-state index in [4.69, 9.17) is 28.5 Å². The van der Waals surface area contributed by atoms with Crippen LogP contribution in [0.15, 0.2) is 90.1 Å². The van der Waals surface area contributed by atoms with E-state index in [1.165, 1.54) is 19.2 Å². The molecular formula is C43H49N3O11. The van der Waals surface area contributed by atoms with Crippen molar-refractivity contribution in [2.45, 2.75) is 62.7 Å². The van der Waals surface area contributed by atoms with Crippen LogP contribution >= 0.6 is 0 Å². The normalized spacial score (nSPS) is 24.7. The Morgan fingerprint density at radius 3 is 2.53 bits per heavy atom. The molecule has 2 aliphatic heterocycles. The highest BCUT2D eigenvalue weighted by atomic mass is 16.7. The van der Waals surface area contributed by atoms with Crippen LogP contribution in [0, 0.1) is 27.9 Å². The maximum atomic E-state index is 14.5. The lowest BCUT2D eigenvalue weighted by atomic mass is 9.55. The number of nitro benzene ring substituents is 1. The lowest BCUT2D eigenvalue weighted by molar-refractivity contribution is -0.384. The number of rotatable bonds is 17. The topological polar surface area (TPSA) is 172 Å². The van der Waals surface area contributed by atoms with Gasteiger partial charge in [0, 0.05) is 49.8 Å². The first-order chi connectivity index (χ1) is 27.7. The number of allylic oxidation sites excluding steroid dienone is 1. The fraction of sp³-hybridized carbons (Fsp3) is 0.442. The Morgan fingerprint density at radius 2 is 1.77 bits per heavy atom. The Bertz CT molecular complexity index is 2030. The third-order valence-corrected chi connectivity index (χ3v) is 11.5. The molecule has 3 aromatic rings. The number of carbonyl (C=O) groups excluding carboxylic acids is 1. The number of oxime groups is 1. The minimum absolute atomic E-state index is 0.00354. The van der Waals surface area contributed by atoms with Crippen LogP contribution in [0.4, 0.5) is 5.69 Å². The van der Waals surface area contributed by atoms with Crippen molar-refractivity contribution in [1.29, 1.82) is 0 Å². The number of likely N-dealkylation sites (N-methyl/N-ethyl adjacent to an activating group) is 1. The molecule has 3 aromatic carbocycles. The number of nitrogens with zero attached hydrogens (tertiary/aromatic N) is 3. The highest BCUT2D eigenvalue weighted by molar-refractivity contribution is 6.03. The molecule has 0 bridgehead atoms. The van der Waals surface area contributed by atoms with E-state index in [2.05, 4.69) is 17.8 Å². The van der Waals surface area contributed by atoms with Crippen molar-refractivity contribution in [1.82, 2.24) is 4.90 Å². The van der Waals surface area contributed by atoms with Gasteiger partial charge in [-0.25, -0.2) is 0 Å². The zero-order chi connectivity index (χ0) is 40.1. The number of aliphatic hydroxyl groups excluding tert-OH is 2. The van der Waals surface area contributed by atoms with Gasteiger partial charge in [0.1, 0.15) is 30.4 Å². The van der Waals surface area contributed by atoms with Crippen molar-refractivity contribution >= 4 is 17.3 Å². The molecule has 302 valence electrons. The van der Waals surface area contributed by atoms with Gasteiger partial charge in [-0.3, -0.25) is 14.9 Å². The minimum atomic E-state index is -1.43. The van der Waals surface area contributed by atoms with Gasteiger partial charge in [0.25, 0.3) is 11.6 Å². The van der Waals surface area contributed by atoms with Gasteiger partial charge in [0.15, 0.2) is 11.5 Å². The number of amides is 1. The summed E-state index contributed by atoms with van der Waals surface area (Å²) in [4.78, 5) is 32.8. The SMILES string of the molecule is C=CCOC12Oc3ccc(Oc4cccc([N+](=O)[O-])c4)cc3C3C(CCCCO)C(CCCCO)C=C(C(=NOC)CC1N(C)C(=O)c1ccc4c(c1)OCO4)C32. The van der Waals surface area contributed by atoms with Crippen molar-refractivity contribution < 1.29 is 48.5 Å². The van der Waals surface area contributed by atoms with Gasteiger partial charge in [0.2, 0.25) is 12.6 Å². The number of ether oxygens (including phenoxy) is 5. The van der Waals surface area contributed by atoms with Crippen molar-refractivity contribution in [2.75, 3.05) is 40.8 Å². The van der Waals surface area contributed by atoms with E-state index in [0.717, 1.165) is 36.8 Å². The summed E-state index contributed by atoms with van der Waals surface area (Å²) in [7, 11) is 3.24. The molecule has 6 atom stereocenters. The molecule has 4 aliphatic rings. The highest BCUT2D eigenvalue weighted by Gasteiger charge is 2.65. The first-order valence-electron chi connectivity index (χ1n) is 19.4.